The van der Waals surface area contributed by atoms with Gasteiger partial charge < -0.3 is 0 Å². The Labute approximate surface area is 372 Å². The van der Waals surface area contributed by atoms with Crippen LogP contribution in [-0.4, -0.2) is 166 Å². The van der Waals surface area contributed by atoms with E-state index in [1.807, 2.05) is 0 Å². The van der Waals surface area contributed by atoms with Gasteiger partial charge >= 0.3 is 374 Å². The number of para-hydroxylation sites is 1. The SMILES string of the molecule is CCN(CC)C1(N(CC)CC)CCCP1(=NP(N=P1(N(CC)CC)CCCC1(N(CC)CC)N(CC)CC)(Oc1ccccc1)(N(CC)CC)N(CC)CC)N(CC)CC. The van der Waals surface area contributed by atoms with Crippen molar-refractivity contribution < 1.29 is 4.52 Å². The number of rotatable bonds is 28. The van der Waals surface area contributed by atoms with Crippen LogP contribution >= 0.6 is 21.8 Å². The van der Waals surface area contributed by atoms with Crippen LogP contribution in [0.25, 0.3) is 0 Å². The normalized spacial score (nSPS) is 22.6. The molecule has 2 atom stereocenters. The Kier molecular flexibility index (Phi) is 21.3. The minimum absolute atomic E-state index is 0.254. The fourth-order valence-electron chi connectivity index (χ4n) is 12.3. The quantitative estimate of drug-likeness (QED) is 0.0604. The molecule has 2 saturated heterocycles. The number of hydrogen-bond acceptors (Lipinski definition) is 9. The van der Waals surface area contributed by atoms with E-state index in [9.17, 15) is 0 Å². The fraction of sp³-hybridized carbons (Fsp3) is 0.870. The molecule has 11 nitrogen and oxygen atoms in total. The average molecular weight is 899 g/mol. The summed E-state index contributed by atoms with van der Waals surface area (Å²) in [4.78, 5) is 11.4. The molecule has 0 aliphatic carbocycles. The van der Waals surface area contributed by atoms with Crippen molar-refractivity contribution in [3.63, 3.8) is 0 Å². The Morgan fingerprint density at radius 3 is 1.00 bits per heavy atom. The standard InChI is InChI=1S/C46H97N10OP3/c1-17-49(18-2)45(50(19-3)20-4)40-36-42-58(45,53(25-9)26-10)47-60(55(29-13)30-14,56(31-15)32-16,57-44-38-34-33-35-39-44)48-59(54(27-11)28-12)43-37-41-46(59,51(21-5)22-6)52(23-7)24-8/h33-35,38-39H,17-32,36-37,40-43H2,1-16H3. The van der Waals surface area contributed by atoms with Crippen LogP contribution in [-0.2, 0) is 0 Å². The molecule has 2 aliphatic heterocycles. The molecular formula is C46H97N10OP3. The molecule has 0 amide bonds. The van der Waals surface area contributed by atoms with Gasteiger partial charge in [0.15, 0.2) is 0 Å². The molecule has 2 aliphatic rings. The molecule has 2 unspecified atom stereocenters. The summed E-state index contributed by atoms with van der Waals surface area (Å²) in [6.45, 7) is 53.1. The van der Waals surface area contributed by atoms with E-state index in [4.69, 9.17) is 13.6 Å². The van der Waals surface area contributed by atoms with Crippen molar-refractivity contribution in [3.05, 3.63) is 30.3 Å². The van der Waals surface area contributed by atoms with Crippen molar-refractivity contribution in [2.75, 3.05) is 117 Å². The van der Waals surface area contributed by atoms with Crippen LogP contribution in [0.4, 0.5) is 0 Å². The van der Waals surface area contributed by atoms with Crippen LogP contribution in [0.3, 0.4) is 0 Å². The third-order valence-corrected chi connectivity index (χ3v) is 31.9. The van der Waals surface area contributed by atoms with E-state index in [0.717, 1.165) is 148 Å². The summed E-state index contributed by atoms with van der Waals surface area (Å²) in [5.74, 6) is 0.891. The zero-order chi connectivity index (χ0) is 44.9. The first kappa shape index (κ1) is 53.9. The van der Waals surface area contributed by atoms with Gasteiger partial charge in [-0.3, -0.25) is 0 Å². The number of benzene rings is 1. The molecule has 0 saturated carbocycles. The summed E-state index contributed by atoms with van der Waals surface area (Å²) in [7, 11) is -9.66. The maximum atomic E-state index is 8.48. The third-order valence-electron chi connectivity index (χ3n) is 14.7. The van der Waals surface area contributed by atoms with Crippen molar-refractivity contribution in [1.29, 1.82) is 0 Å². The molecule has 0 radical (unpaired) electrons. The molecule has 2 fully saturated rings. The maximum absolute atomic E-state index is 8.48. The van der Waals surface area contributed by atoms with Gasteiger partial charge in [-0.2, -0.15) is 0 Å². The van der Waals surface area contributed by atoms with Gasteiger partial charge in [0, 0.05) is 0 Å². The number of nitrogens with zero attached hydrogens (tertiary/aromatic N) is 10. The first-order chi connectivity index (χ1) is 28.9. The average Bonchev–Trinajstić information content (AvgIpc) is 3.81. The second kappa shape index (κ2) is 23.7. The van der Waals surface area contributed by atoms with Gasteiger partial charge in [0.25, 0.3) is 0 Å². The fourth-order valence-corrected chi connectivity index (χ4v) is 34.1. The third kappa shape index (κ3) is 8.70. The zero-order valence-corrected chi connectivity index (χ0v) is 44.8. The molecule has 0 N–H and O–H groups in total. The molecule has 0 bridgehead atoms. The minimum atomic E-state index is -4.51. The van der Waals surface area contributed by atoms with Gasteiger partial charge in [-0.25, -0.2) is 0 Å². The molecule has 352 valence electrons. The van der Waals surface area contributed by atoms with E-state index >= 15 is 0 Å². The van der Waals surface area contributed by atoms with E-state index in [1.165, 1.54) is 0 Å². The van der Waals surface area contributed by atoms with Crippen molar-refractivity contribution >= 4 is 21.8 Å². The molecule has 60 heavy (non-hydrogen) atoms. The van der Waals surface area contributed by atoms with Gasteiger partial charge in [0.1, 0.15) is 0 Å². The molecule has 3 rings (SSSR count). The second-order valence-corrected chi connectivity index (χ2v) is 27.2. The van der Waals surface area contributed by atoms with Crippen LogP contribution in [0.1, 0.15) is 136 Å². The zero-order valence-electron chi connectivity index (χ0n) is 42.2. The van der Waals surface area contributed by atoms with E-state index in [0.29, 0.717) is 0 Å². The van der Waals surface area contributed by atoms with E-state index in [1.54, 1.807) is 0 Å². The van der Waals surface area contributed by atoms with E-state index in [2.05, 4.69) is 179 Å². The van der Waals surface area contributed by atoms with Gasteiger partial charge in [0.2, 0.25) is 0 Å². The predicted molar refractivity (Wildman–Crippen MR) is 270 cm³/mol. The van der Waals surface area contributed by atoms with Gasteiger partial charge in [-0.15, -0.1) is 0 Å². The summed E-state index contributed by atoms with van der Waals surface area (Å²) in [5.41, 5.74) is 0. The Bertz CT molecular complexity index is 1380. The summed E-state index contributed by atoms with van der Waals surface area (Å²) >= 11 is 0. The monoisotopic (exact) mass is 899 g/mol. The summed E-state index contributed by atoms with van der Waals surface area (Å²) in [6, 6.07) is 10.9. The Morgan fingerprint density at radius 2 is 0.750 bits per heavy atom. The van der Waals surface area contributed by atoms with Crippen molar-refractivity contribution in [3.8, 4) is 5.75 Å². The van der Waals surface area contributed by atoms with Crippen LogP contribution in [0, 0.1) is 0 Å². The van der Waals surface area contributed by atoms with Crippen molar-refractivity contribution in [2.45, 2.75) is 147 Å². The van der Waals surface area contributed by atoms with Gasteiger partial charge in [0.05, 0.1) is 0 Å². The molecule has 1 aromatic carbocycles. The first-order valence-electron chi connectivity index (χ1n) is 25.0. The van der Waals surface area contributed by atoms with E-state index < -0.39 is 21.8 Å². The Morgan fingerprint density at radius 1 is 0.450 bits per heavy atom. The second-order valence-electron chi connectivity index (χ2n) is 16.4. The first-order valence-corrected chi connectivity index (χ1v) is 30.7. The van der Waals surface area contributed by atoms with Crippen LogP contribution < -0.4 is 4.52 Å². The van der Waals surface area contributed by atoms with E-state index in [-0.39, 0.29) is 10.8 Å². The Hall–Kier alpha value is -0.410. The van der Waals surface area contributed by atoms with Gasteiger partial charge in [-0.1, -0.05) is 0 Å². The van der Waals surface area contributed by atoms with Gasteiger partial charge in [-0.05, 0) is 0 Å². The molecule has 2 heterocycles. The van der Waals surface area contributed by atoms with Crippen LogP contribution in [0.15, 0.2) is 39.4 Å². The molecular weight excluding hydrogens is 801 g/mol. The van der Waals surface area contributed by atoms with Crippen LogP contribution in [0.2, 0.25) is 0 Å². The van der Waals surface area contributed by atoms with Crippen molar-refractivity contribution in [2.24, 2.45) is 9.03 Å². The van der Waals surface area contributed by atoms with Crippen molar-refractivity contribution in [1.82, 2.24) is 38.3 Å². The summed E-state index contributed by atoms with van der Waals surface area (Å²) < 4.78 is 34.2. The predicted octanol–water partition coefficient (Wildman–Crippen LogP) is 12.1. The summed E-state index contributed by atoms with van der Waals surface area (Å²) in [6.07, 6.45) is 6.66. The number of hydrogen-bond donors (Lipinski definition) is 0. The van der Waals surface area contributed by atoms with Crippen LogP contribution in [0.5, 0.6) is 5.75 Å². The molecule has 0 spiro atoms. The Balaban J connectivity index is 3.17. The topological polar surface area (TPSA) is 59.9 Å². The molecule has 14 heteroatoms. The summed E-state index contributed by atoms with van der Waals surface area (Å²) in [5, 5.41) is -0.507. The molecule has 1 aromatic rings. The molecule has 0 aromatic heterocycles.